The van der Waals surface area contributed by atoms with Crippen LogP contribution in [0.25, 0.3) is 0 Å². The first-order chi connectivity index (χ1) is 9.89. The molecule has 2 heterocycles. The summed E-state index contributed by atoms with van der Waals surface area (Å²) in [5.74, 6) is 0.0352. The van der Waals surface area contributed by atoms with E-state index in [0.717, 1.165) is 38.4 Å². The van der Waals surface area contributed by atoms with Crippen LogP contribution in [0.3, 0.4) is 0 Å². The molecule has 116 valence electrons. The van der Waals surface area contributed by atoms with Crippen molar-refractivity contribution in [2.75, 3.05) is 38.0 Å². The van der Waals surface area contributed by atoms with Gasteiger partial charge in [0.05, 0.1) is 11.9 Å². The summed E-state index contributed by atoms with van der Waals surface area (Å²) in [5, 5.41) is 3.35. The predicted octanol–water partition coefficient (Wildman–Crippen LogP) is 2.07. The Bertz CT molecular complexity index is 470. The molecule has 1 fully saturated rings. The highest BCUT2D eigenvalue weighted by Gasteiger charge is 2.22. The van der Waals surface area contributed by atoms with E-state index in [1.165, 1.54) is 0 Å². The Morgan fingerprint density at radius 1 is 1.24 bits per heavy atom. The van der Waals surface area contributed by atoms with Crippen LogP contribution in [-0.4, -0.2) is 59.0 Å². The van der Waals surface area contributed by atoms with Gasteiger partial charge in [-0.25, -0.2) is 4.98 Å². The van der Waals surface area contributed by atoms with Crippen molar-refractivity contribution in [1.29, 1.82) is 0 Å². The van der Waals surface area contributed by atoms with Crippen LogP contribution < -0.4 is 5.32 Å². The molecule has 2 rings (SSSR count). The van der Waals surface area contributed by atoms with E-state index in [0.29, 0.717) is 5.69 Å². The number of hydrogen-bond acceptors (Lipinski definition) is 4. The monoisotopic (exact) mass is 290 g/mol. The second-order valence-electron chi connectivity index (χ2n) is 6.53. The highest BCUT2D eigenvalue weighted by atomic mass is 16.2. The molecule has 1 aliphatic heterocycles. The highest BCUT2D eigenvalue weighted by molar-refractivity contribution is 5.92. The minimum Gasteiger partial charge on any atom is -0.379 e. The normalized spacial score (nSPS) is 16.9. The second-order valence-corrected chi connectivity index (χ2v) is 6.53. The van der Waals surface area contributed by atoms with Gasteiger partial charge in [-0.15, -0.1) is 0 Å². The fourth-order valence-corrected chi connectivity index (χ4v) is 2.46. The van der Waals surface area contributed by atoms with Crippen molar-refractivity contribution in [1.82, 2.24) is 14.8 Å². The van der Waals surface area contributed by atoms with Crippen LogP contribution in [-0.2, 0) is 0 Å². The first-order valence-corrected chi connectivity index (χ1v) is 7.65. The molecule has 0 saturated carbocycles. The van der Waals surface area contributed by atoms with Crippen molar-refractivity contribution >= 4 is 11.6 Å². The smallest absolute Gasteiger partial charge is 0.272 e. The maximum Gasteiger partial charge on any atom is 0.272 e. The maximum atomic E-state index is 12.4. The Kier molecular flexibility index (Phi) is 4.83. The summed E-state index contributed by atoms with van der Waals surface area (Å²) in [6, 6.07) is 3.73. The third kappa shape index (κ3) is 4.43. The van der Waals surface area contributed by atoms with Gasteiger partial charge in [-0.05, 0) is 39.4 Å². The molecular formula is C16H26N4O. The number of carbonyl (C=O) groups excluding carboxylic acids is 1. The van der Waals surface area contributed by atoms with E-state index in [2.05, 4.69) is 42.9 Å². The van der Waals surface area contributed by atoms with Crippen LogP contribution in [0.5, 0.6) is 0 Å². The summed E-state index contributed by atoms with van der Waals surface area (Å²) in [6.07, 6.45) is 1.74. The van der Waals surface area contributed by atoms with E-state index in [4.69, 9.17) is 0 Å². The molecule has 21 heavy (non-hydrogen) atoms. The lowest BCUT2D eigenvalue weighted by Gasteiger charge is -2.33. The van der Waals surface area contributed by atoms with Gasteiger partial charge >= 0.3 is 0 Å². The first kappa shape index (κ1) is 15.8. The Morgan fingerprint density at radius 3 is 2.38 bits per heavy atom. The molecule has 0 atom stereocenters. The van der Waals surface area contributed by atoms with Gasteiger partial charge in [-0.3, -0.25) is 4.79 Å². The molecule has 0 unspecified atom stereocenters. The average molecular weight is 290 g/mol. The van der Waals surface area contributed by atoms with E-state index in [-0.39, 0.29) is 11.4 Å². The van der Waals surface area contributed by atoms with E-state index in [9.17, 15) is 4.79 Å². The summed E-state index contributed by atoms with van der Waals surface area (Å²) >= 11 is 0. The second kappa shape index (κ2) is 6.43. The fourth-order valence-electron chi connectivity index (χ4n) is 2.46. The van der Waals surface area contributed by atoms with Crippen LogP contribution in [0.15, 0.2) is 18.3 Å². The van der Waals surface area contributed by atoms with E-state index >= 15 is 0 Å². The number of nitrogens with zero attached hydrogens (tertiary/aromatic N) is 3. The number of piperazine rings is 1. The zero-order valence-corrected chi connectivity index (χ0v) is 13.5. The van der Waals surface area contributed by atoms with Gasteiger partial charge < -0.3 is 15.1 Å². The Morgan fingerprint density at radius 2 is 1.90 bits per heavy atom. The number of carbonyl (C=O) groups is 1. The third-order valence-corrected chi connectivity index (χ3v) is 3.61. The van der Waals surface area contributed by atoms with Gasteiger partial charge in [0.1, 0.15) is 5.69 Å². The van der Waals surface area contributed by atoms with Crippen LogP contribution >= 0.6 is 0 Å². The van der Waals surface area contributed by atoms with E-state index in [1.807, 2.05) is 17.0 Å². The number of likely N-dealkylation sites (N-methyl/N-ethyl adjacent to an activating group) is 1. The third-order valence-electron chi connectivity index (χ3n) is 3.61. The van der Waals surface area contributed by atoms with Crippen LogP contribution in [0.1, 0.15) is 38.2 Å². The number of aromatic nitrogens is 1. The zero-order valence-electron chi connectivity index (χ0n) is 13.5. The molecule has 1 aliphatic rings. The summed E-state index contributed by atoms with van der Waals surface area (Å²) in [5.41, 5.74) is 1.46. The van der Waals surface area contributed by atoms with Crippen molar-refractivity contribution in [2.24, 2.45) is 0 Å². The lowest BCUT2D eigenvalue weighted by atomic mass is 10.1. The molecule has 0 spiro atoms. The predicted molar refractivity (Wildman–Crippen MR) is 85.6 cm³/mol. The van der Waals surface area contributed by atoms with Crippen molar-refractivity contribution in [3.05, 3.63) is 24.0 Å². The molecule has 5 nitrogen and oxygen atoms in total. The minimum absolute atomic E-state index is 0.0102. The lowest BCUT2D eigenvalue weighted by molar-refractivity contribution is 0.0637. The fraction of sp³-hybridized carbons (Fsp3) is 0.625. The number of hydrogen-bond donors (Lipinski definition) is 1. The molecule has 0 aliphatic carbocycles. The molecule has 5 heteroatoms. The lowest BCUT2D eigenvalue weighted by Crippen LogP contribution is -2.48. The van der Waals surface area contributed by atoms with Gasteiger partial charge in [0, 0.05) is 31.7 Å². The topological polar surface area (TPSA) is 48.5 Å². The Balaban J connectivity index is 1.97. The summed E-state index contributed by atoms with van der Waals surface area (Å²) in [4.78, 5) is 21.0. The van der Waals surface area contributed by atoms with Gasteiger partial charge in [0.15, 0.2) is 0 Å². The van der Waals surface area contributed by atoms with Gasteiger partial charge in [-0.1, -0.05) is 6.92 Å². The molecule has 1 amide bonds. The molecule has 0 bridgehead atoms. The van der Waals surface area contributed by atoms with E-state index < -0.39 is 0 Å². The standard InChI is InChI=1S/C16H26N4O/c1-5-19-8-10-20(11-9-19)15(21)14-7-6-13(12-17-14)18-16(2,3)4/h6-7,12,18H,5,8-11H2,1-4H3. The molecule has 0 radical (unpaired) electrons. The average Bonchev–Trinajstić information content (AvgIpc) is 2.46. The molecule has 1 aromatic rings. The van der Waals surface area contributed by atoms with Crippen molar-refractivity contribution in [3.63, 3.8) is 0 Å². The van der Waals surface area contributed by atoms with Gasteiger partial charge in [0.25, 0.3) is 5.91 Å². The van der Waals surface area contributed by atoms with Gasteiger partial charge in [-0.2, -0.15) is 0 Å². The SMILES string of the molecule is CCN1CCN(C(=O)c2ccc(NC(C)(C)C)cn2)CC1. The molecule has 0 aromatic carbocycles. The number of anilines is 1. The van der Waals surface area contributed by atoms with Gasteiger partial charge in [0.2, 0.25) is 0 Å². The van der Waals surface area contributed by atoms with Crippen LogP contribution in [0, 0.1) is 0 Å². The minimum atomic E-state index is -0.0102. The molecular weight excluding hydrogens is 264 g/mol. The zero-order chi connectivity index (χ0) is 15.5. The number of amides is 1. The first-order valence-electron chi connectivity index (χ1n) is 7.65. The summed E-state index contributed by atoms with van der Waals surface area (Å²) in [6.45, 7) is 13.0. The van der Waals surface area contributed by atoms with Crippen molar-refractivity contribution < 1.29 is 4.79 Å². The summed E-state index contributed by atoms with van der Waals surface area (Å²) < 4.78 is 0. The van der Waals surface area contributed by atoms with Crippen LogP contribution in [0.4, 0.5) is 5.69 Å². The van der Waals surface area contributed by atoms with Crippen LogP contribution in [0.2, 0.25) is 0 Å². The van der Waals surface area contributed by atoms with Crippen molar-refractivity contribution in [2.45, 2.75) is 33.2 Å². The highest BCUT2D eigenvalue weighted by Crippen LogP contribution is 2.14. The number of rotatable bonds is 3. The van der Waals surface area contributed by atoms with Crippen molar-refractivity contribution in [3.8, 4) is 0 Å². The molecule has 1 N–H and O–H groups in total. The Hall–Kier alpha value is -1.62. The molecule has 1 saturated heterocycles. The molecule has 1 aromatic heterocycles. The number of nitrogens with one attached hydrogen (secondary N) is 1. The Labute approximate surface area is 127 Å². The van der Waals surface area contributed by atoms with E-state index in [1.54, 1.807) is 6.20 Å². The quantitative estimate of drug-likeness (QED) is 0.926. The maximum absolute atomic E-state index is 12.4. The largest absolute Gasteiger partial charge is 0.379 e. The summed E-state index contributed by atoms with van der Waals surface area (Å²) in [7, 11) is 0. The number of pyridine rings is 1.